The SMILES string of the molecule is N=C(N)c1ccc(CCc2nc3cc(C(=O)N(CCN)Cc4cccc(C(F)(F)F)c4)ccc3n2CC2(c3ccccc3)CCN(Cc3ccccc3)CC2)cc1. The highest BCUT2D eigenvalue weighted by atomic mass is 19.4. The largest absolute Gasteiger partial charge is 0.416 e. The highest BCUT2D eigenvalue weighted by Crippen LogP contribution is 2.39. The molecule has 1 aliphatic heterocycles. The number of amidine groups is 1. The van der Waals surface area contributed by atoms with Gasteiger partial charge in [0.2, 0.25) is 0 Å². The van der Waals surface area contributed by atoms with Crippen molar-refractivity contribution in [3.8, 4) is 0 Å². The second kappa shape index (κ2) is 17.2. The molecule has 0 saturated carbocycles. The van der Waals surface area contributed by atoms with Crippen LogP contribution in [-0.4, -0.2) is 57.3 Å². The fourth-order valence-corrected chi connectivity index (χ4v) is 8.06. The number of amides is 1. The summed E-state index contributed by atoms with van der Waals surface area (Å²) in [6, 6.07) is 39.6. The third-order valence-electron chi connectivity index (χ3n) is 11.2. The van der Waals surface area contributed by atoms with E-state index in [4.69, 9.17) is 21.9 Å². The van der Waals surface area contributed by atoms with E-state index in [2.05, 4.69) is 64.1 Å². The number of nitrogens with zero attached hydrogens (tertiary/aromatic N) is 4. The molecule has 2 heterocycles. The number of aromatic nitrogens is 2. The van der Waals surface area contributed by atoms with Crippen LogP contribution < -0.4 is 11.5 Å². The molecule has 0 aliphatic carbocycles. The van der Waals surface area contributed by atoms with Gasteiger partial charge in [0.1, 0.15) is 11.7 Å². The van der Waals surface area contributed by atoms with Crippen molar-refractivity contribution in [2.45, 2.75) is 56.9 Å². The van der Waals surface area contributed by atoms with Gasteiger partial charge in [-0.3, -0.25) is 15.1 Å². The van der Waals surface area contributed by atoms with Crippen molar-refractivity contribution in [2.75, 3.05) is 26.2 Å². The van der Waals surface area contributed by atoms with Crippen molar-refractivity contribution in [1.29, 1.82) is 5.41 Å². The first-order chi connectivity index (χ1) is 27.5. The molecule has 294 valence electrons. The summed E-state index contributed by atoms with van der Waals surface area (Å²) in [4.78, 5) is 23.2. The zero-order chi connectivity index (χ0) is 40.0. The zero-order valence-corrected chi connectivity index (χ0v) is 31.9. The average Bonchev–Trinajstić information content (AvgIpc) is 3.56. The Morgan fingerprint density at radius 1 is 0.789 bits per heavy atom. The highest BCUT2D eigenvalue weighted by molar-refractivity contribution is 5.97. The van der Waals surface area contributed by atoms with Crippen LogP contribution in [-0.2, 0) is 44.1 Å². The lowest BCUT2D eigenvalue weighted by molar-refractivity contribution is -0.137. The van der Waals surface area contributed by atoms with Gasteiger partial charge < -0.3 is 20.9 Å². The molecule has 8 nitrogen and oxygen atoms in total. The molecule has 6 aromatic rings. The van der Waals surface area contributed by atoms with Crippen LogP contribution in [0.4, 0.5) is 13.2 Å². The van der Waals surface area contributed by atoms with E-state index in [0.717, 1.165) is 61.5 Å². The minimum atomic E-state index is -4.49. The Morgan fingerprint density at radius 2 is 1.46 bits per heavy atom. The molecule has 0 spiro atoms. The van der Waals surface area contributed by atoms with Gasteiger partial charge in [0.25, 0.3) is 5.91 Å². The van der Waals surface area contributed by atoms with E-state index in [1.54, 1.807) is 18.2 Å². The number of carbonyl (C=O) groups excluding carboxylic acids is 1. The Hall–Kier alpha value is -5.78. The van der Waals surface area contributed by atoms with Crippen molar-refractivity contribution in [3.63, 3.8) is 0 Å². The number of piperidine rings is 1. The molecule has 1 amide bonds. The number of alkyl halides is 3. The molecule has 1 saturated heterocycles. The van der Waals surface area contributed by atoms with Crippen molar-refractivity contribution in [1.82, 2.24) is 19.4 Å². The molecular formula is C46H48F3N7O. The predicted octanol–water partition coefficient (Wildman–Crippen LogP) is 7.96. The Morgan fingerprint density at radius 3 is 2.12 bits per heavy atom. The summed E-state index contributed by atoms with van der Waals surface area (Å²) in [5.41, 5.74) is 17.4. The summed E-state index contributed by atoms with van der Waals surface area (Å²) >= 11 is 0. The van der Waals surface area contributed by atoms with E-state index < -0.39 is 11.7 Å². The fourth-order valence-electron chi connectivity index (χ4n) is 8.06. The lowest BCUT2D eigenvalue weighted by Gasteiger charge is -2.43. The first-order valence-corrected chi connectivity index (χ1v) is 19.4. The summed E-state index contributed by atoms with van der Waals surface area (Å²) in [6.07, 6.45) is -1.24. The molecule has 1 aromatic heterocycles. The Labute approximate surface area is 331 Å². The minimum Gasteiger partial charge on any atom is -0.384 e. The number of benzene rings is 5. The van der Waals surface area contributed by atoms with Crippen LogP contribution in [0.1, 0.15) is 62.4 Å². The maximum Gasteiger partial charge on any atom is 0.416 e. The molecular weight excluding hydrogens is 724 g/mol. The van der Waals surface area contributed by atoms with Gasteiger partial charge >= 0.3 is 6.18 Å². The van der Waals surface area contributed by atoms with E-state index in [-0.39, 0.29) is 36.8 Å². The molecule has 5 aromatic carbocycles. The number of hydrogen-bond acceptors (Lipinski definition) is 5. The van der Waals surface area contributed by atoms with Crippen LogP contribution in [0.25, 0.3) is 11.0 Å². The van der Waals surface area contributed by atoms with Crippen LogP contribution in [0.3, 0.4) is 0 Å². The Bertz CT molecular complexity index is 2300. The lowest BCUT2D eigenvalue weighted by Crippen LogP contribution is -2.44. The average molecular weight is 772 g/mol. The van der Waals surface area contributed by atoms with Gasteiger partial charge in [-0.2, -0.15) is 13.2 Å². The van der Waals surface area contributed by atoms with Gasteiger partial charge in [-0.15, -0.1) is 0 Å². The number of fused-ring (bicyclic) bond motifs is 1. The van der Waals surface area contributed by atoms with Crippen molar-refractivity contribution < 1.29 is 18.0 Å². The number of imidazole rings is 1. The topological polar surface area (TPSA) is 117 Å². The third-order valence-corrected chi connectivity index (χ3v) is 11.2. The number of nitrogen functional groups attached to an aromatic ring is 1. The van der Waals surface area contributed by atoms with E-state index in [0.29, 0.717) is 41.6 Å². The van der Waals surface area contributed by atoms with E-state index in [1.807, 2.05) is 36.4 Å². The summed E-state index contributed by atoms with van der Waals surface area (Å²) < 4.78 is 42.8. The molecule has 1 fully saturated rings. The standard InChI is InChI=1S/C46H48F3N7O/c47-46(48,49)39-13-7-10-35(28-39)31-55(27-24-50)44(57)37-19-20-41-40(29-37)53-42(21-16-33-14-17-36(18-15-33)43(51)52)56(41)32-45(38-11-5-2-6-12-38)22-25-54(26-23-45)30-34-8-3-1-4-9-34/h1-15,17-20,28-29H,16,21-27,30-32,50H2,(H3,51,52). The maximum atomic E-state index is 14.0. The number of hydrogen-bond donors (Lipinski definition) is 3. The Kier molecular flexibility index (Phi) is 11.9. The van der Waals surface area contributed by atoms with Crippen LogP contribution in [0, 0.1) is 5.41 Å². The summed E-state index contributed by atoms with van der Waals surface area (Å²) in [6.45, 7) is 3.80. The van der Waals surface area contributed by atoms with Crippen LogP contribution in [0.15, 0.2) is 127 Å². The van der Waals surface area contributed by atoms with E-state index in [9.17, 15) is 18.0 Å². The van der Waals surface area contributed by atoms with Crippen molar-refractivity contribution >= 4 is 22.8 Å². The minimum absolute atomic E-state index is 0.0129. The number of aryl methyl sites for hydroxylation is 2. The van der Waals surface area contributed by atoms with Crippen LogP contribution in [0.5, 0.6) is 0 Å². The Balaban J connectivity index is 1.22. The number of rotatable bonds is 14. The monoisotopic (exact) mass is 771 g/mol. The molecule has 1 aliphatic rings. The number of nitrogens with one attached hydrogen (secondary N) is 1. The molecule has 57 heavy (non-hydrogen) atoms. The van der Waals surface area contributed by atoms with Crippen molar-refractivity contribution in [3.05, 3.63) is 172 Å². The molecule has 0 unspecified atom stereocenters. The highest BCUT2D eigenvalue weighted by Gasteiger charge is 2.38. The number of halogens is 3. The van der Waals surface area contributed by atoms with E-state index >= 15 is 0 Å². The van der Waals surface area contributed by atoms with Gasteiger partial charge in [0, 0.05) is 55.7 Å². The van der Waals surface area contributed by atoms with Gasteiger partial charge in [-0.05, 0) is 84.9 Å². The molecule has 11 heteroatoms. The molecule has 0 radical (unpaired) electrons. The van der Waals surface area contributed by atoms with Gasteiger partial charge in [-0.1, -0.05) is 97.1 Å². The third kappa shape index (κ3) is 9.27. The quantitative estimate of drug-likeness (QED) is 0.0768. The number of carbonyl (C=O) groups is 1. The second-order valence-electron chi connectivity index (χ2n) is 15.0. The number of nitrogens with two attached hydrogens (primary N) is 2. The summed E-state index contributed by atoms with van der Waals surface area (Å²) in [5, 5.41) is 7.78. The second-order valence-corrected chi connectivity index (χ2v) is 15.0. The smallest absolute Gasteiger partial charge is 0.384 e. The fraction of sp³-hybridized carbons (Fsp3) is 0.283. The maximum absolute atomic E-state index is 14.0. The summed E-state index contributed by atoms with van der Waals surface area (Å²) in [7, 11) is 0. The van der Waals surface area contributed by atoms with Crippen LogP contribution >= 0.6 is 0 Å². The van der Waals surface area contributed by atoms with Gasteiger partial charge in [0.15, 0.2) is 0 Å². The van der Waals surface area contributed by atoms with Gasteiger partial charge in [0.05, 0.1) is 16.6 Å². The normalized spacial score (nSPS) is 14.5. The van der Waals surface area contributed by atoms with Gasteiger partial charge in [-0.25, -0.2) is 4.98 Å². The number of likely N-dealkylation sites (tertiary alicyclic amines) is 1. The molecule has 0 bridgehead atoms. The van der Waals surface area contributed by atoms with E-state index in [1.165, 1.54) is 22.1 Å². The molecule has 0 atom stereocenters. The summed E-state index contributed by atoms with van der Waals surface area (Å²) in [5.74, 6) is 0.595. The first kappa shape index (κ1) is 39.5. The van der Waals surface area contributed by atoms with Crippen LogP contribution in [0.2, 0.25) is 0 Å². The lowest BCUT2D eigenvalue weighted by atomic mass is 9.72. The first-order valence-electron chi connectivity index (χ1n) is 19.4. The molecule has 5 N–H and O–H groups in total. The predicted molar refractivity (Wildman–Crippen MR) is 219 cm³/mol. The zero-order valence-electron chi connectivity index (χ0n) is 31.9. The molecule has 7 rings (SSSR count). The van der Waals surface area contributed by atoms with Crippen molar-refractivity contribution in [2.24, 2.45) is 11.5 Å².